The van der Waals surface area contributed by atoms with Gasteiger partial charge in [0.2, 0.25) is 5.90 Å². The van der Waals surface area contributed by atoms with Crippen LogP contribution in [-0.4, -0.2) is 31.6 Å². The summed E-state index contributed by atoms with van der Waals surface area (Å²) in [5.41, 5.74) is 3.74. The summed E-state index contributed by atoms with van der Waals surface area (Å²) in [4.78, 5) is 28.1. The number of rotatable bonds is 6. The second-order valence-electron chi connectivity index (χ2n) is 6.96. The van der Waals surface area contributed by atoms with Crippen LogP contribution in [0.5, 0.6) is 5.75 Å². The predicted molar refractivity (Wildman–Crippen MR) is 132 cm³/mol. The van der Waals surface area contributed by atoms with Gasteiger partial charge in [0.1, 0.15) is 5.75 Å². The summed E-state index contributed by atoms with van der Waals surface area (Å²) in [5.74, 6) is -0.330. The van der Waals surface area contributed by atoms with Crippen LogP contribution in [0.1, 0.15) is 11.1 Å². The molecule has 3 aromatic rings. The van der Waals surface area contributed by atoms with Crippen LogP contribution in [0.4, 0.5) is 0 Å². The molecule has 0 amide bonds. The van der Waals surface area contributed by atoms with E-state index in [9.17, 15) is 9.59 Å². The second kappa shape index (κ2) is 10.1. The zero-order valence-electron chi connectivity index (χ0n) is 17.4. The molecule has 0 saturated heterocycles. The van der Waals surface area contributed by atoms with Crippen molar-refractivity contribution in [2.45, 2.75) is 0 Å². The number of hydrogen-bond donors (Lipinski definition) is 0. The van der Waals surface area contributed by atoms with Crippen molar-refractivity contribution in [1.29, 1.82) is 0 Å². The maximum absolute atomic E-state index is 12.4. The number of carbonyl (C=O) groups is 2. The van der Waals surface area contributed by atoms with Crippen molar-refractivity contribution in [1.82, 2.24) is 0 Å². The van der Waals surface area contributed by atoms with Crippen molar-refractivity contribution in [3.63, 3.8) is 0 Å². The maximum atomic E-state index is 12.4. The number of benzene rings is 3. The summed E-state index contributed by atoms with van der Waals surface area (Å²) in [6.07, 6.45) is 1.62. The lowest BCUT2D eigenvalue weighted by atomic mass is 10.0. The molecule has 33 heavy (non-hydrogen) atoms. The first-order valence-corrected chi connectivity index (χ1v) is 11.4. The van der Waals surface area contributed by atoms with E-state index in [-0.39, 0.29) is 18.2 Å². The molecule has 8 heteroatoms. The predicted octanol–water partition coefficient (Wildman–Crippen LogP) is 5.77. The topological polar surface area (TPSA) is 74.2 Å². The average Bonchev–Trinajstić information content (AvgIpc) is 3.19. The molecule has 3 aromatic carbocycles. The maximum Gasteiger partial charge on any atom is 0.363 e. The highest BCUT2D eigenvalue weighted by atomic mass is 79.9. The highest BCUT2D eigenvalue weighted by molar-refractivity contribution is 9.11. The second-order valence-corrected chi connectivity index (χ2v) is 8.67. The lowest BCUT2D eigenvalue weighted by Gasteiger charge is -2.10. The number of nitrogens with zero attached hydrogens (tertiary/aromatic N) is 1. The minimum Gasteiger partial charge on any atom is -0.480 e. The van der Waals surface area contributed by atoms with Crippen molar-refractivity contribution in [3.8, 4) is 16.9 Å². The molecule has 0 fully saturated rings. The summed E-state index contributed by atoms with van der Waals surface area (Å²) < 4.78 is 16.6. The minimum atomic E-state index is -0.532. The Bertz CT molecular complexity index is 1240. The lowest BCUT2D eigenvalue weighted by Crippen LogP contribution is -2.13. The van der Waals surface area contributed by atoms with Crippen LogP contribution in [0.2, 0.25) is 0 Å². The summed E-state index contributed by atoms with van der Waals surface area (Å²) in [5, 5.41) is 0. The number of ether oxygens (including phenoxy) is 3. The molecule has 0 aromatic heterocycles. The summed E-state index contributed by atoms with van der Waals surface area (Å²) in [7, 11) is 1.29. The normalized spacial score (nSPS) is 14.1. The molecular weight excluding hydrogens is 554 g/mol. The molecule has 0 N–H and O–H groups in total. The Morgan fingerprint density at radius 3 is 2.21 bits per heavy atom. The van der Waals surface area contributed by atoms with Crippen molar-refractivity contribution in [2.75, 3.05) is 13.7 Å². The monoisotopic (exact) mass is 569 g/mol. The van der Waals surface area contributed by atoms with Gasteiger partial charge in [0, 0.05) is 5.56 Å². The first-order chi connectivity index (χ1) is 15.9. The SMILES string of the molecule is COC(=O)COc1c(Br)cc(/C=C2\N=C(c3ccc(-c4ccccc4)cc3)OC2=O)cc1Br. The molecule has 4 rings (SSSR count). The largest absolute Gasteiger partial charge is 0.480 e. The Morgan fingerprint density at radius 1 is 0.970 bits per heavy atom. The number of methoxy groups -OCH3 is 1. The molecule has 0 unspecified atom stereocenters. The zero-order chi connectivity index (χ0) is 23.4. The summed E-state index contributed by atoms with van der Waals surface area (Å²) >= 11 is 6.84. The van der Waals surface area contributed by atoms with Gasteiger partial charge >= 0.3 is 11.9 Å². The van der Waals surface area contributed by atoms with E-state index in [0.717, 1.165) is 11.1 Å². The van der Waals surface area contributed by atoms with E-state index in [1.54, 1.807) is 18.2 Å². The van der Waals surface area contributed by atoms with Crippen LogP contribution in [-0.2, 0) is 19.1 Å². The molecule has 0 saturated carbocycles. The van der Waals surface area contributed by atoms with Gasteiger partial charge in [0.05, 0.1) is 16.1 Å². The molecule has 1 aliphatic heterocycles. The third kappa shape index (κ3) is 5.40. The third-order valence-electron chi connectivity index (χ3n) is 4.75. The summed E-state index contributed by atoms with van der Waals surface area (Å²) in [6, 6.07) is 21.2. The molecule has 1 aliphatic rings. The fourth-order valence-corrected chi connectivity index (χ4v) is 4.57. The van der Waals surface area contributed by atoms with Crippen LogP contribution < -0.4 is 4.74 Å². The van der Waals surface area contributed by atoms with Gasteiger partial charge in [0.25, 0.3) is 0 Å². The minimum absolute atomic E-state index is 0.180. The number of carbonyl (C=O) groups excluding carboxylic acids is 2. The number of hydrogen-bond acceptors (Lipinski definition) is 6. The summed E-state index contributed by atoms with van der Waals surface area (Å²) in [6.45, 7) is -0.225. The van der Waals surface area contributed by atoms with Gasteiger partial charge in [-0.25, -0.2) is 14.6 Å². The van der Waals surface area contributed by atoms with E-state index in [2.05, 4.69) is 41.6 Å². The number of halogens is 2. The van der Waals surface area contributed by atoms with Crippen molar-refractivity contribution < 1.29 is 23.8 Å². The molecule has 0 bridgehead atoms. The van der Waals surface area contributed by atoms with Crippen LogP contribution in [0, 0.1) is 0 Å². The highest BCUT2D eigenvalue weighted by Gasteiger charge is 2.24. The number of aliphatic imine (C=N–C) groups is 1. The average molecular weight is 571 g/mol. The van der Waals surface area contributed by atoms with Gasteiger partial charge in [0.15, 0.2) is 12.3 Å². The molecule has 6 nitrogen and oxygen atoms in total. The highest BCUT2D eigenvalue weighted by Crippen LogP contribution is 2.36. The molecule has 0 radical (unpaired) electrons. The molecule has 166 valence electrons. The van der Waals surface area contributed by atoms with Gasteiger partial charge in [-0.1, -0.05) is 42.5 Å². The fraction of sp³-hybridized carbons (Fsp3) is 0.0800. The fourth-order valence-electron chi connectivity index (χ4n) is 3.12. The van der Waals surface area contributed by atoms with Gasteiger partial charge < -0.3 is 14.2 Å². The van der Waals surface area contributed by atoms with Gasteiger partial charge in [-0.2, -0.15) is 0 Å². The Hall–Kier alpha value is -3.23. The van der Waals surface area contributed by atoms with Crippen molar-refractivity contribution >= 4 is 55.8 Å². The van der Waals surface area contributed by atoms with Gasteiger partial charge in [-0.05, 0) is 78.9 Å². The van der Waals surface area contributed by atoms with E-state index >= 15 is 0 Å². The number of cyclic esters (lactones) is 1. The van der Waals surface area contributed by atoms with E-state index in [1.807, 2.05) is 54.6 Å². The Labute approximate surface area is 207 Å². The first-order valence-electron chi connectivity index (χ1n) is 9.81. The quantitative estimate of drug-likeness (QED) is 0.278. The van der Waals surface area contributed by atoms with Gasteiger partial charge in [-0.3, -0.25) is 0 Å². The Morgan fingerprint density at radius 2 is 1.58 bits per heavy atom. The van der Waals surface area contributed by atoms with Crippen LogP contribution >= 0.6 is 31.9 Å². The van der Waals surface area contributed by atoms with Crippen molar-refractivity contribution in [3.05, 3.63) is 92.5 Å². The first kappa shape index (κ1) is 22.9. The van der Waals surface area contributed by atoms with E-state index in [0.29, 0.717) is 25.8 Å². The van der Waals surface area contributed by atoms with Crippen molar-refractivity contribution in [2.24, 2.45) is 4.99 Å². The molecule has 1 heterocycles. The van der Waals surface area contributed by atoms with E-state index < -0.39 is 11.9 Å². The van der Waals surface area contributed by atoms with Crippen LogP contribution in [0.15, 0.2) is 86.4 Å². The van der Waals surface area contributed by atoms with Crippen LogP contribution in [0.25, 0.3) is 17.2 Å². The molecule has 0 spiro atoms. The smallest absolute Gasteiger partial charge is 0.363 e. The molecular formula is C25H17Br2NO5. The number of esters is 2. The standard InChI is InChI=1S/C25H17Br2NO5/c1-31-22(29)14-32-23-19(26)11-15(12-20(23)27)13-21-25(30)33-24(28-21)18-9-7-17(8-10-18)16-5-3-2-4-6-16/h2-13H,14H2,1H3/b21-13-. The lowest BCUT2D eigenvalue weighted by molar-refractivity contribution is -0.143. The van der Waals surface area contributed by atoms with Gasteiger partial charge in [-0.15, -0.1) is 0 Å². The third-order valence-corrected chi connectivity index (χ3v) is 5.92. The van der Waals surface area contributed by atoms with E-state index in [4.69, 9.17) is 9.47 Å². The Kier molecular flexibility index (Phi) is 7.05. The van der Waals surface area contributed by atoms with E-state index in [1.165, 1.54) is 7.11 Å². The Balaban J connectivity index is 1.55. The molecule has 0 atom stereocenters. The zero-order valence-corrected chi connectivity index (χ0v) is 20.6. The molecule has 0 aliphatic carbocycles. The van der Waals surface area contributed by atoms with Crippen LogP contribution in [0.3, 0.4) is 0 Å².